The average molecular weight is 242 g/mol. The Morgan fingerprint density at radius 1 is 1.53 bits per heavy atom. The number of hydrogen-bond donors (Lipinski definition) is 1. The van der Waals surface area contributed by atoms with Gasteiger partial charge in [-0.25, -0.2) is 0 Å². The number of nitrogens with one attached hydrogen (secondary N) is 1. The molecular weight excluding hydrogens is 226 g/mol. The Morgan fingerprint density at radius 3 is 2.93 bits per heavy atom. The van der Waals surface area contributed by atoms with Crippen LogP contribution in [-0.4, -0.2) is 12.6 Å². The summed E-state index contributed by atoms with van der Waals surface area (Å²) >= 11 is 7.53. The van der Waals surface area contributed by atoms with Crippen LogP contribution in [0.2, 0.25) is 4.34 Å². The van der Waals surface area contributed by atoms with Gasteiger partial charge in [-0.2, -0.15) is 0 Å². The number of halogens is 1. The number of rotatable bonds is 5. The zero-order valence-corrected chi connectivity index (χ0v) is 10.7. The lowest BCUT2D eigenvalue weighted by molar-refractivity contribution is 0.548. The molecule has 0 aromatic carbocycles. The van der Waals surface area contributed by atoms with Gasteiger partial charge in [-0.1, -0.05) is 17.5 Å². The lowest BCUT2D eigenvalue weighted by Crippen LogP contribution is -2.26. The van der Waals surface area contributed by atoms with Crippen LogP contribution in [-0.2, 0) is 6.42 Å². The van der Waals surface area contributed by atoms with Crippen LogP contribution in [0.1, 0.15) is 25.1 Å². The zero-order chi connectivity index (χ0) is 11.1. The van der Waals surface area contributed by atoms with Gasteiger partial charge in [0.2, 0.25) is 0 Å². The van der Waals surface area contributed by atoms with E-state index in [9.17, 15) is 0 Å². The van der Waals surface area contributed by atoms with E-state index >= 15 is 0 Å². The number of aryl methyl sites for hydroxylation is 1. The number of hydrogen-bond acceptors (Lipinski definition) is 2. The first-order valence-corrected chi connectivity index (χ1v) is 6.29. The largest absolute Gasteiger partial charge is 0.304 e. The van der Waals surface area contributed by atoms with E-state index in [1.807, 2.05) is 13.0 Å². The normalized spacial score (nSPS) is 11.9. The molecule has 0 amide bonds. The monoisotopic (exact) mass is 241 g/mol. The molecule has 1 N–H and O–H groups in total. The Labute approximate surface area is 101 Å². The van der Waals surface area contributed by atoms with E-state index in [1.54, 1.807) is 11.3 Å². The SMILES string of the molecule is CC#CCNC(C)CCc1ccc(Cl)s1. The third-order valence-electron chi connectivity index (χ3n) is 2.17. The standard InChI is InChI=1S/C12H16ClNS/c1-3-4-9-14-10(2)5-6-11-7-8-12(13)15-11/h7-8,10,14H,5-6,9H2,1-2H3. The van der Waals surface area contributed by atoms with Crippen molar-refractivity contribution in [1.82, 2.24) is 5.32 Å². The second kappa shape index (κ2) is 6.90. The topological polar surface area (TPSA) is 12.0 Å². The molecule has 1 unspecified atom stereocenters. The molecule has 1 nitrogen and oxygen atoms in total. The van der Waals surface area contributed by atoms with Crippen molar-refractivity contribution < 1.29 is 0 Å². The maximum Gasteiger partial charge on any atom is 0.0931 e. The summed E-state index contributed by atoms with van der Waals surface area (Å²) in [6.45, 7) is 4.83. The first kappa shape index (κ1) is 12.6. The lowest BCUT2D eigenvalue weighted by Gasteiger charge is -2.10. The van der Waals surface area contributed by atoms with Gasteiger partial charge < -0.3 is 5.32 Å². The van der Waals surface area contributed by atoms with Crippen LogP contribution in [0.15, 0.2) is 12.1 Å². The van der Waals surface area contributed by atoms with E-state index in [1.165, 1.54) is 4.88 Å². The Bertz CT molecular complexity index is 348. The smallest absolute Gasteiger partial charge is 0.0931 e. The fourth-order valence-corrected chi connectivity index (χ4v) is 2.36. The van der Waals surface area contributed by atoms with Crippen molar-refractivity contribution in [1.29, 1.82) is 0 Å². The maximum absolute atomic E-state index is 5.86. The Balaban J connectivity index is 2.21. The minimum atomic E-state index is 0.506. The van der Waals surface area contributed by atoms with Gasteiger partial charge in [0.1, 0.15) is 0 Å². The van der Waals surface area contributed by atoms with Gasteiger partial charge in [0.15, 0.2) is 0 Å². The van der Waals surface area contributed by atoms with Crippen LogP contribution in [0.5, 0.6) is 0 Å². The minimum Gasteiger partial charge on any atom is -0.304 e. The minimum absolute atomic E-state index is 0.506. The average Bonchev–Trinajstić information content (AvgIpc) is 2.62. The summed E-state index contributed by atoms with van der Waals surface area (Å²) in [5.41, 5.74) is 0. The fraction of sp³-hybridized carbons (Fsp3) is 0.500. The summed E-state index contributed by atoms with van der Waals surface area (Å²) in [7, 11) is 0. The quantitative estimate of drug-likeness (QED) is 0.780. The molecule has 3 heteroatoms. The van der Waals surface area contributed by atoms with Crippen molar-refractivity contribution in [2.24, 2.45) is 0 Å². The highest BCUT2D eigenvalue weighted by atomic mass is 35.5. The van der Waals surface area contributed by atoms with Gasteiger partial charge in [-0.15, -0.1) is 17.3 Å². The summed E-state index contributed by atoms with van der Waals surface area (Å²) < 4.78 is 0.877. The van der Waals surface area contributed by atoms with Crippen LogP contribution in [0, 0.1) is 11.8 Å². The van der Waals surface area contributed by atoms with Gasteiger partial charge in [0.25, 0.3) is 0 Å². The van der Waals surface area contributed by atoms with Crippen LogP contribution in [0.3, 0.4) is 0 Å². The van der Waals surface area contributed by atoms with Gasteiger partial charge in [0.05, 0.1) is 10.9 Å². The summed E-state index contributed by atoms with van der Waals surface area (Å²) in [6, 6.07) is 4.57. The van der Waals surface area contributed by atoms with E-state index < -0.39 is 0 Å². The highest BCUT2D eigenvalue weighted by Crippen LogP contribution is 2.22. The first-order chi connectivity index (χ1) is 7.22. The third kappa shape index (κ3) is 5.22. The van der Waals surface area contributed by atoms with Crippen molar-refractivity contribution in [2.75, 3.05) is 6.54 Å². The molecule has 0 bridgehead atoms. The molecule has 82 valence electrons. The fourth-order valence-electron chi connectivity index (χ4n) is 1.26. The Kier molecular flexibility index (Phi) is 5.78. The van der Waals surface area contributed by atoms with Crippen molar-refractivity contribution >= 4 is 22.9 Å². The van der Waals surface area contributed by atoms with E-state index in [0.717, 1.165) is 23.7 Å². The maximum atomic E-state index is 5.86. The van der Waals surface area contributed by atoms with Gasteiger partial charge in [0, 0.05) is 10.9 Å². The molecule has 1 aromatic heterocycles. The van der Waals surface area contributed by atoms with Crippen molar-refractivity contribution in [2.45, 2.75) is 32.7 Å². The highest BCUT2D eigenvalue weighted by molar-refractivity contribution is 7.16. The second-order valence-corrected chi connectivity index (χ2v) is 5.25. The molecule has 0 aliphatic carbocycles. The molecule has 0 spiro atoms. The van der Waals surface area contributed by atoms with Crippen LogP contribution in [0.4, 0.5) is 0 Å². The lowest BCUT2D eigenvalue weighted by atomic mass is 10.1. The summed E-state index contributed by atoms with van der Waals surface area (Å²) in [5.74, 6) is 5.87. The first-order valence-electron chi connectivity index (χ1n) is 5.09. The molecule has 1 rings (SSSR count). The van der Waals surface area contributed by atoms with Gasteiger partial charge >= 0.3 is 0 Å². The predicted molar refractivity (Wildman–Crippen MR) is 68.6 cm³/mol. The zero-order valence-electron chi connectivity index (χ0n) is 9.14. The molecule has 0 aliphatic rings. The summed E-state index contributed by atoms with van der Waals surface area (Å²) in [5, 5.41) is 3.36. The summed E-state index contributed by atoms with van der Waals surface area (Å²) in [6.07, 6.45) is 2.22. The van der Waals surface area contributed by atoms with Gasteiger partial charge in [-0.3, -0.25) is 0 Å². The number of thiophene rings is 1. The molecular formula is C12H16ClNS. The van der Waals surface area contributed by atoms with Crippen LogP contribution < -0.4 is 5.32 Å². The van der Waals surface area contributed by atoms with Gasteiger partial charge in [-0.05, 0) is 38.8 Å². The van der Waals surface area contributed by atoms with E-state index in [0.29, 0.717) is 6.04 Å². The highest BCUT2D eigenvalue weighted by Gasteiger charge is 2.02. The molecule has 0 saturated heterocycles. The van der Waals surface area contributed by atoms with E-state index in [4.69, 9.17) is 11.6 Å². The van der Waals surface area contributed by atoms with Crippen molar-refractivity contribution in [3.63, 3.8) is 0 Å². The molecule has 15 heavy (non-hydrogen) atoms. The second-order valence-electron chi connectivity index (χ2n) is 3.45. The molecule has 0 saturated carbocycles. The predicted octanol–water partition coefficient (Wildman–Crippen LogP) is 3.34. The molecule has 1 atom stereocenters. The molecule has 0 radical (unpaired) electrons. The van der Waals surface area contributed by atoms with E-state index in [-0.39, 0.29) is 0 Å². The third-order valence-corrected chi connectivity index (χ3v) is 3.46. The van der Waals surface area contributed by atoms with Crippen molar-refractivity contribution in [3.05, 3.63) is 21.3 Å². The van der Waals surface area contributed by atoms with Crippen molar-refractivity contribution in [3.8, 4) is 11.8 Å². The molecule has 0 fully saturated rings. The van der Waals surface area contributed by atoms with Crippen LogP contribution in [0.25, 0.3) is 0 Å². The van der Waals surface area contributed by atoms with Crippen LogP contribution >= 0.6 is 22.9 Å². The Morgan fingerprint density at radius 2 is 2.33 bits per heavy atom. The summed E-state index contributed by atoms with van der Waals surface area (Å²) in [4.78, 5) is 1.36. The molecule has 0 aliphatic heterocycles. The molecule has 1 heterocycles. The molecule has 1 aromatic rings. The Hall–Kier alpha value is -0.490. The van der Waals surface area contributed by atoms with E-state index in [2.05, 4.69) is 30.1 Å².